The molecule has 0 unspecified atom stereocenters. The van der Waals surface area contributed by atoms with E-state index >= 15 is 0 Å². The van der Waals surface area contributed by atoms with Crippen LogP contribution in [0.15, 0.2) is 24.3 Å². The number of fused-ring (bicyclic) bond motifs is 1. The van der Waals surface area contributed by atoms with Crippen LogP contribution in [0.3, 0.4) is 0 Å². The zero-order valence-electron chi connectivity index (χ0n) is 11.3. The molecule has 1 aromatic carbocycles. The molecule has 1 aromatic rings. The van der Waals surface area contributed by atoms with Gasteiger partial charge in [0, 0.05) is 12.1 Å². The molecule has 1 saturated heterocycles. The van der Waals surface area contributed by atoms with Crippen LogP contribution in [0.1, 0.15) is 30.9 Å². The number of piperidine rings is 1. The van der Waals surface area contributed by atoms with E-state index in [-0.39, 0.29) is 0 Å². The first kappa shape index (κ1) is 12.2. The lowest BCUT2D eigenvalue weighted by atomic mass is 9.90. The van der Waals surface area contributed by atoms with Gasteiger partial charge in [-0.3, -0.25) is 4.90 Å². The molecule has 1 heterocycles. The third-order valence-corrected chi connectivity index (χ3v) is 4.86. The van der Waals surface area contributed by atoms with Crippen molar-refractivity contribution in [2.75, 3.05) is 13.1 Å². The molecule has 2 aliphatic rings. The number of benzene rings is 1. The number of hydrogen-bond donors (Lipinski definition) is 1. The van der Waals surface area contributed by atoms with Crippen molar-refractivity contribution in [3.05, 3.63) is 35.4 Å². The summed E-state index contributed by atoms with van der Waals surface area (Å²) < 4.78 is 0. The summed E-state index contributed by atoms with van der Waals surface area (Å²) in [5.41, 5.74) is 9.15. The molecule has 1 aliphatic heterocycles. The fourth-order valence-electron chi connectivity index (χ4n) is 3.60. The van der Waals surface area contributed by atoms with Crippen LogP contribution in [-0.4, -0.2) is 30.1 Å². The highest BCUT2D eigenvalue weighted by Gasteiger charge is 2.30. The van der Waals surface area contributed by atoms with E-state index in [9.17, 15) is 0 Å². The minimum Gasteiger partial charge on any atom is -0.328 e. The summed E-state index contributed by atoms with van der Waals surface area (Å²) in [6.07, 6.45) is 5.06. The molecule has 0 radical (unpaired) electrons. The number of likely N-dealkylation sites (tertiary alicyclic amines) is 1. The van der Waals surface area contributed by atoms with Crippen LogP contribution in [-0.2, 0) is 12.8 Å². The lowest BCUT2D eigenvalue weighted by Crippen LogP contribution is -2.44. The molecule has 1 aliphatic carbocycles. The predicted molar refractivity (Wildman–Crippen MR) is 75.6 cm³/mol. The zero-order valence-corrected chi connectivity index (χ0v) is 11.3. The van der Waals surface area contributed by atoms with Gasteiger partial charge in [-0.15, -0.1) is 0 Å². The van der Waals surface area contributed by atoms with Crippen LogP contribution >= 0.6 is 0 Å². The van der Waals surface area contributed by atoms with Crippen molar-refractivity contribution in [1.29, 1.82) is 0 Å². The van der Waals surface area contributed by atoms with Gasteiger partial charge in [0.15, 0.2) is 0 Å². The maximum Gasteiger partial charge on any atom is 0.0176 e. The van der Waals surface area contributed by atoms with E-state index in [1.807, 2.05) is 0 Å². The Hall–Kier alpha value is -0.860. The molecule has 0 spiro atoms. The van der Waals surface area contributed by atoms with Crippen LogP contribution in [0, 0.1) is 5.92 Å². The highest BCUT2D eigenvalue weighted by molar-refractivity contribution is 5.33. The normalized spacial score (nSPS) is 24.1. The lowest BCUT2D eigenvalue weighted by Gasteiger charge is -2.37. The second-order valence-electron chi connectivity index (χ2n) is 6.06. The van der Waals surface area contributed by atoms with Crippen molar-refractivity contribution in [1.82, 2.24) is 4.90 Å². The van der Waals surface area contributed by atoms with E-state index in [0.29, 0.717) is 6.04 Å². The largest absolute Gasteiger partial charge is 0.328 e. The molecule has 18 heavy (non-hydrogen) atoms. The second kappa shape index (κ2) is 5.02. The molecular weight excluding hydrogens is 220 g/mol. The first-order valence-corrected chi connectivity index (χ1v) is 7.30. The van der Waals surface area contributed by atoms with Crippen LogP contribution in [0.25, 0.3) is 0 Å². The smallest absolute Gasteiger partial charge is 0.0176 e. The maximum atomic E-state index is 6.02. The Kier molecular flexibility index (Phi) is 3.40. The van der Waals surface area contributed by atoms with Crippen molar-refractivity contribution in [2.24, 2.45) is 11.7 Å². The molecule has 2 heteroatoms. The molecule has 2 N–H and O–H groups in total. The molecule has 2 nitrogen and oxygen atoms in total. The summed E-state index contributed by atoms with van der Waals surface area (Å²) in [4.78, 5) is 2.69. The summed E-state index contributed by atoms with van der Waals surface area (Å²) >= 11 is 0. The van der Waals surface area contributed by atoms with Gasteiger partial charge in [0.2, 0.25) is 0 Å². The number of nitrogens with two attached hydrogens (primary N) is 1. The molecule has 3 rings (SSSR count). The van der Waals surface area contributed by atoms with E-state index in [0.717, 1.165) is 12.0 Å². The van der Waals surface area contributed by atoms with Crippen molar-refractivity contribution in [2.45, 2.75) is 44.7 Å². The summed E-state index contributed by atoms with van der Waals surface area (Å²) in [6.45, 7) is 4.64. The van der Waals surface area contributed by atoms with Gasteiger partial charge in [-0.05, 0) is 62.7 Å². The quantitative estimate of drug-likeness (QED) is 0.864. The molecular formula is C16H24N2. The Morgan fingerprint density at radius 3 is 2.17 bits per heavy atom. The molecule has 1 fully saturated rings. The molecule has 1 atom stereocenters. The SMILES string of the molecule is C[C@H](N)C1CCN(C2Cc3ccccc3C2)CC1. The Bertz CT molecular complexity index is 380. The first-order valence-electron chi connectivity index (χ1n) is 7.30. The third kappa shape index (κ3) is 2.32. The van der Waals surface area contributed by atoms with Gasteiger partial charge < -0.3 is 5.73 Å². The summed E-state index contributed by atoms with van der Waals surface area (Å²) in [5, 5.41) is 0. The second-order valence-corrected chi connectivity index (χ2v) is 6.06. The van der Waals surface area contributed by atoms with Crippen LogP contribution in [0.4, 0.5) is 0 Å². The summed E-state index contributed by atoms with van der Waals surface area (Å²) in [5.74, 6) is 0.741. The number of nitrogens with zero attached hydrogens (tertiary/aromatic N) is 1. The number of rotatable bonds is 2. The van der Waals surface area contributed by atoms with Crippen molar-refractivity contribution >= 4 is 0 Å². The van der Waals surface area contributed by atoms with Crippen LogP contribution in [0.2, 0.25) is 0 Å². The summed E-state index contributed by atoms with van der Waals surface area (Å²) in [6, 6.07) is 10.0. The maximum absolute atomic E-state index is 6.02. The highest BCUT2D eigenvalue weighted by Crippen LogP contribution is 2.29. The molecule has 0 saturated carbocycles. The fourth-order valence-corrected chi connectivity index (χ4v) is 3.60. The van der Waals surface area contributed by atoms with Gasteiger partial charge >= 0.3 is 0 Å². The van der Waals surface area contributed by atoms with Crippen molar-refractivity contribution in [3.8, 4) is 0 Å². The van der Waals surface area contributed by atoms with Gasteiger partial charge in [-0.25, -0.2) is 0 Å². The van der Waals surface area contributed by atoms with E-state index in [2.05, 4.69) is 36.1 Å². The van der Waals surface area contributed by atoms with Crippen molar-refractivity contribution < 1.29 is 0 Å². The molecule has 0 aromatic heterocycles. The molecule has 0 bridgehead atoms. The van der Waals surface area contributed by atoms with Crippen LogP contribution in [0.5, 0.6) is 0 Å². The monoisotopic (exact) mass is 244 g/mol. The van der Waals surface area contributed by atoms with Gasteiger partial charge in [-0.1, -0.05) is 24.3 Å². The minimum absolute atomic E-state index is 0.368. The van der Waals surface area contributed by atoms with Gasteiger partial charge in [0.05, 0.1) is 0 Å². The zero-order chi connectivity index (χ0) is 12.5. The molecule has 98 valence electrons. The Morgan fingerprint density at radius 2 is 1.67 bits per heavy atom. The minimum atomic E-state index is 0.368. The standard InChI is InChI=1S/C16H24N2/c1-12(17)13-6-8-18(9-7-13)16-10-14-4-2-3-5-15(14)11-16/h2-5,12-13,16H,6-11,17H2,1H3/t12-/m0/s1. The van der Waals surface area contributed by atoms with Crippen LogP contribution < -0.4 is 5.73 Å². The Morgan fingerprint density at radius 1 is 1.11 bits per heavy atom. The van der Waals surface area contributed by atoms with E-state index in [1.165, 1.54) is 38.8 Å². The molecule has 0 amide bonds. The Labute approximate surface area is 110 Å². The first-order chi connectivity index (χ1) is 8.74. The average Bonchev–Trinajstić information content (AvgIpc) is 2.82. The fraction of sp³-hybridized carbons (Fsp3) is 0.625. The average molecular weight is 244 g/mol. The third-order valence-electron chi connectivity index (χ3n) is 4.86. The topological polar surface area (TPSA) is 29.3 Å². The number of hydrogen-bond acceptors (Lipinski definition) is 2. The van der Waals surface area contributed by atoms with Gasteiger partial charge in [0.1, 0.15) is 0 Å². The lowest BCUT2D eigenvalue weighted by molar-refractivity contribution is 0.128. The van der Waals surface area contributed by atoms with Gasteiger partial charge in [-0.2, -0.15) is 0 Å². The van der Waals surface area contributed by atoms with Gasteiger partial charge in [0.25, 0.3) is 0 Å². The van der Waals surface area contributed by atoms with E-state index in [4.69, 9.17) is 5.73 Å². The highest BCUT2D eigenvalue weighted by atomic mass is 15.2. The van der Waals surface area contributed by atoms with E-state index in [1.54, 1.807) is 11.1 Å². The van der Waals surface area contributed by atoms with Crippen molar-refractivity contribution in [3.63, 3.8) is 0 Å². The Balaban J connectivity index is 1.60. The predicted octanol–water partition coefficient (Wildman–Crippen LogP) is 2.21. The summed E-state index contributed by atoms with van der Waals surface area (Å²) in [7, 11) is 0. The van der Waals surface area contributed by atoms with E-state index < -0.39 is 0 Å².